The molecule has 26 heavy (non-hydrogen) atoms. The Morgan fingerprint density at radius 3 is 2.23 bits per heavy atom. The normalized spacial score (nSPS) is 11.4. The number of nitrogens with zero attached hydrogens (tertiary/aromatic N) is 2. The first kappa shape index (κ1) is 18.2. The maximum absolute atomic E-state index is 12.9. The Kier molecular flexibility index (Phi) is 5.70. The number of benzene rings is 2. The van der Waals surface area contributed by atoms with E-state index in [-0.39, 0.29) is 23.2 Å². The number of rotatable bonds is 5. The highest BCUT2D eigenvalue weighted by Gasteiger charge is 2.14. The molecule has 0 unspecified atom stereocenters. The van der Waals surface area contributed by atoms with Gasteiger partial charge in [0.05, 0.1) is 5.03 Å². The molecule has 1 amide bonds. The average molecular weight is 392 g/mol. The van der Waals surface area contributed by atoms with Crippen LogP contribution in [0, 0.1) is 11.6 Å². The van der Waals surface area contributed by atoms with Gasteiger partial charge in [-0.2, -0.15) is 0 Å². The maximum Gasteiger partial charge on any atom is 0.282 e. The molecule has 0 spiro atoms. The summed E-state index contributed by atoms with van der Waals surface area (Å²) in [5.41, 5.74) is 1.47. The molecule has 0 aliphatic carbocycles. The van der Waals surface area contributed by atoms with Gasteiger partial charge in [-0.05, 0) is 41.5 Å². The van der Waals surface area contributed by atoms with E-state index in [1.54, 1.807) is 30.3 Å². The fourth-order valence-electron chi connectivity index (χ4n) is 2.04. The van der Waals surface area contributed by atoms with Crippen LogP contribution in [0.5, 0.6) is 0 Å². The number of hydrogen-bond acceptors (Lipinski definition) is 4. The van der Waals surface area contributed by atoms with Crippen molar-refractivity contribution < 1.29 is 13.6 Å². The van der Waals surface area contributed by atoms with Crippen molar-refractivity contribution in [2.75, 3.05) is 0 Å². The summed E-state index contributed by atoms with van der Waals surface area (Å²) in [5.74, 6) is -1.07. The molecular weight excluding hydrogens is 380 g/mol. The van der Waals surface area contributed by atoms with Gasteiger partial charge in [0.15, 0.2) is 5.01 Å². The number of amides is 1. The molecule has 0 atom stereocenters. The molecule has 1 heterocycles. The van der Waals surface area contributed by atoms with Crippen molar-refractivity contribution in [2.45, 2.75) is 6.54 Å². The molecule has 2 aromatic carbocycles. The van der Waals surface area contributed by atoms with Gasteiger partial charge in [-0.25, -0.2) is 8.78 Å². The van der Waals surface area contributed by atoms with E-state index in [0.29, 0.717) is 15.6 Å². The fraction of sp³-hybridized carbons (Fsp3) is 0.0556. The molecule has 0 aliphatic heterocycles. The van der Waals surface area contributed by atoms with Gasteiger partial charge in [0.25, 0.3) is 5.91 Å². The lowest BCUT2D eigenvalue weighted by molar-refractivity contribution is 0.0950. The minimum absolute atomic E-state index is 0.160. The topological polar surface area (TPSA) is 54.9 Å². The zero-order valence-corrected chi connectivity index (χ0v) is 14.8. The molecule has 0 bridgehead atoms. The standard InChI is InChI=1S/C18H12ClF2N3OS/c19-15(9-11-1-5-13(20)6-2-11)17-23-24-18(26-17)16(25)22-10-12-3-7-14(21)8-4-12/h1-9H,10H2,(H,22,25)/b15-9-. The molecule has 0 radical (unpaired) electrons. The largest absolute Gasteiger partial charge is 0.346 e. The van der Waals surface area contributed by atoms with Crippen LogP contribution in [-0.4, -0.2) is 16.1 Å². The summed E-state index contributed by atoms with van der Waals surface area (Å²) >= 11 is 7.23. The maximum atomic E-state index is 12.9. The second-order valence-electron chi connectivity index (χ2n) is 5.27. The number of hydrogen-bond donors (Lipinski definition) is 1. The van der Waals surface area contributed by atoms with Crippen LogP contribution < -0.4 is 5.32 Å². The molecule has 0 fully saturated rings. The molecule has 0 aliphatic rings. The van der Waals surface area contributed by atoms with Gasteiger partial charge in [0.1, 0.15) is 11.6 Å². The smallest absolute Gasteiger partial charge is 0.282 e. The van der Waals surface area contributed by atoms with Gasteiger partial charge in [-0.15, -0.1) is 10.2 Å². The Morgan fingerprint density at radius 1 is 1.00 bits per heavy atom. The predicted molar refractivity (Wildman–Crippen MR) is 97.6 cm³/mol. The van der Waals surface area contributed by atoms with E-state index in [1.165, 1.54) is 24.3 Å². The number of nitrogens with one attached hydrogen (secondary N) is 1. The van der Waals surface area contributed by atoms with E-state index in [9.17, 15) is 13.6 Å². The molecule has 0 saturated carbocycles. The van der Waals surface area contributed by atoms with Crippen molar-refractivity contribution in [2.24, 2.45) is 0 Å². The molecular formula is C18H12ClF2N3OS. The summed E-state index contributed by atoms with van der Waals surface area (Å²) in [6.45, 7) is 0.243. The fourth-order valence-corrected chi connectivity index (χ4v) is 2.99. The summed E-state index contributed by atoms with van der Waals surface area (Å²) < 4.78 is 25.8. The third-order valence-electron chi connectivity index (χ3n) is 3.35. The van der Waals surface area contributed by atoms with Crippen LogP contribution in [0.1, 0.15) is 25.9 Å². The Morgan fingerprint density at radius 2 is 1.58 bits per heavy atom. The lowest BCUT2D eigenvalue weighted by Crippen LogP contribution is -2.22. The molecule has 3 rings (SSSR count). The summed E-state index contributed by atoms with van der Waals surface area (Å²) in [7, 11) is 0. The molecule has 1 aromatic heterocycles. The van der Waals surface area contributed by atoms with E-state index in [0.717, 1.165) is 16.9 Å². The first-order valence-corrected chi connectivity index (χ1v) is 8.70. The van der Waals surface area contributed by atoms with E-state index < -0.39 is 5.91 Å². The summed E-state index contributed by atoms with van der Waals surface area (Å²) in [5, 5.41) is 11.3. The first-order chi connectivity index (χ1) is 12.5. The van der Waals surface area contributed by atoms with E-state index in [2.05, 4.69) is 15.5 Å². The highest BCUT2D eigenvalue weighted by atomic mass is 35.5. The highest BCUT2D eigenvalue weighted by Crippen LogP contribution is 2.25. The molecule has 1 N–H and O–H groups in total. The van der Waals surface area contributed by atoms with Crippen molar-refractivity contribution in [3.8, 4) is 0 Å². The van der Waals surface area contributed by atoms with Crippen LogP contribution in [0.15, 0.2) is 48.5 Å². The zero-order chi connectivity index (χ0) is 18.5. The van der Waals surface area contributed by atoms with Gasteiger partial charge >= 0.3 is 0 Å². The summed E-state index contributed by atoms with van der Waals surface area (Å²) in [6.07, 6.45) is 1.61. The number of halogens is 3. The van der Waals surface area contributed by atoms with Crippen LogP contribution >= 0.6 is 22.9 Å². The van der Waals surface area contributed by atoms with Crippen molar-refractivity contribution in [1.82, 2.24) is 15.5 Å². The third kappa shape index (κ3) is 4.71. The minimum Gasteiger partial charge on any atom is -0.346 e. The SMILES string of the molecule is O=C(NCc1ccc(F)cc1)c1nnc(/C(Cl)=C/c2ccc(F)cc2)s1. The van der Waals surface area contributed by atoms with Crippen molar-refractivity contribution in [3.05, 3.63) is 81.3 Å². The Balaban J connectivity index is 1.65. The van der Waals surface area contributed by atoms with Crippen LogP contribution in [-0.2, 0) is 6.54 Å². The second-order valence-corrected chi connectivity index (χ2v) is 6.65. The van der Waals surface area contributed by atoms with E-state index >= 15 is 0 Å². The molecule has 3 aromatic rings. The second kappa shape index (κ2) is 8.16. The zero-order valence-electron chi connectivity index (χ0n) is 13.2. The van der Waals surface area contributed by atoms with Gasteiger partial charge < -0.3 is 5.32 Å². The Labute approximate surface area is 157 Å². The van der Waals surface area contributed by atoms with E-state index in [1.807, 2.05) is 0 Å². The monoisotopic (exact) mass is 391 g/mol. The molecule has 8 heteroatoms. The van der Waals surface area contributed by atoms with E-state index in [4.69, 9.17) is 11.6 Å². The van der Waals surface area contributed by atoms with Gasteiger partial charge in [0, 0.05) is 6.54 Å². The third-order valence-corrected chi connectivity index (χ3v) is 4.71. The lowest BCUT2D eigenvalue weighted by atomic mass is 10.2. The number of carbonyl (C=O) groups excluding carboxylic acids is 1. The van der Waals surface area contributed by atoms with Crippen molar-refractivity contribution >= 4 is 40.0 Å². The quantitative estimate of drug-likeness (QED) is 0.697. The molecule has 132 valence electrons. The average Bonchev–Trinajstić information content (AvgIpc) is 3.13. The van der Waals surface area contributed by atoms with Crippen LogP contribution in [0.25, 0.3) is 11.1 Å². The van der Waals surface area contributed by atoms with Crippen molar-refractivity contribution in [1.29, 1.82) is 0 Å². The first-order valence-electron chi connectivity index (χ1n) is 7.50. The van der Waals surface area contributed by atoms with Gasteiger partial charge in [-0.1, -0.05) is 47.2 Å². The lowest BCUT2D eigenvalue weighted by Gasteiger charge is -2.02. The molecule has 0 saturated heterocycles. The number of carbonyl (C=O) groups is 1. The van der Waals surface area contributed by atoms with Gasteiger partial charge in [0.2, 0.25) is 5.01 Å². The predicted octanol–water partition coefficient (Wildman–Crippen LogP) is 4.48. The minimum atomic E-state index is -0.399. The Hall–Kier alpha value is -2.64. The number of aromatic nitrogens is 2. The highest BCUT2D eigenvalue weighted by molar-refractivity contribution is 7.15. The van der Waals surface area contributed by atoms with Crippen LogP contribution in [0.2, 0.25) is 0 Å². The Bertz CT molecular complexity index is 940. The summed E-state index contributed by atoms with van der Waals surface area (Å²) in [6, 6.07) is 11.6. The molecule has 4 nitrogen and oxygen atoms in total. The van der Waals surface area contributed by atoms with Crippen LogP contribution in [0.3, 0.4) is 0 Å². The summed E-state index contributed by atoms with van der Waals surface area (Å²) in [4.78, 5) is 12.1. The van der Waals surface area contributed by atoms with Crippen molar-refractivity contribution in [3.63, 3.8) is 0 Å². The van der Waals surface area contributed by atoms with Crippen LogP contribution in [0.4, 0.5) is 8.78 Å². The van der Waals surface area contributed by atoms with Gasteiger partial charge in [-0.3, -0.25) is 4.79 Å².